The summed E-state index contributed by atoms with van der Waals surface area (Å²) in [6, 6.07) is 6.36. The fourth-order valence-corrected chi connectivity index (χ4v) is 1.33. The lowest BCUT2D eigenvalue weighted by Crippen LogP contribution is -2.34. The third-order valence-corrected chi connectivity index (χ3v) is 2.23. The number of amides is 1. The molecule has 0 bridgehead atoms. The Morgan fingerprint density at radius 1 is 1.35 bits per heavy atom. The first-order valence-electron chi connectivity index (χ1n) is 5.55. The SMILES string of the molecule is C=CCNC(=O)CNCCc1ccc(F)cc1. The standard InChI is InChI=1S/C13H17FN2O/c1-2-8-16-13(17)10-15-9-7-11-3-5-12(14)6-4-11/h2-6,15H,1,7-10H2,(H,16,17). The zero-order valence-electron chi connectivity index (χ0n) is 9.71. The van der Waals surface area contributed by atoms with Gasteiger partial charge in [0.1, 0.15) is 5.82 Å². The van der Waals surface area contributed by atoms with E-state index in [1.165, 1.54) is 12.1 Å². The van der Waals surface area contributed by atoms with E-state index in [1.807, 2.05) is 0 Å². The summed E-state index contributed by atoms with van der Waals surface area (Å²) in [5, 5.41) is 5.69. The minimum absolute atomic E-state index is 0.0518. The third-order valence-electron chi connectivity index (χ3n) is 2.23. The average molecular weight is 236 g/mol. The number of halogens is 1. The number of benzene rings is 1. The Labute approximate surface area is 101 Å². The maximum atomic E-state index is 12.6. The maximum Gasteiger partial charge on any atom is 0.234 e. The van der Waals surface area contributed by atoms with Gasteiger partial charge in [-0.15, -0.1) is 6.58 Å². The van der Waals surface area contributed by atoms with Crippen LogP contribution in [0.2, 0.25) is 0 Å². The van der Waals surface area contributed by atoms with Gasteiger partial charge in [0, 0.05) is 6.54 Å². The zero-order valence-corrected chi connectivity index (χ0v) is 9.71. The van der Waals surface area contributed by atoms with Crippen LogP contribution in [0.3, 0.4) is 0 Å². The summed E-state index contributed by atoms with van der Waals surface area (Å²) in [4.78, 5) is 11.2. The normalized spacial score (nSPS) is 9.94. The Balaban J connectivity index is 2.13. The molecule has 0 spiro atoms. The van der Waals surface area contributed by atoms with E-state index in [0.29, 0.717) is 13.1 Å². The summed E-state index contributed by atoms with van der Waals surface area (Å²) < 4.78 is 12.6. The van der Waals surface area contributed by atoms with Gasteiger partial charge in [-0.05, 0) is 30.7 Å². The summed E-state index contributed by atoms with van der Waals surface area (Å²) in [6.45, 7) is 4.97. The first-order chi connectivity index (χ1) is 8.22. The van der Waals surface area contributed by atoms with Crippen LogP contribution in [0.4, 0.5) is 4.39 Å². The monoisotopic (exact) mass is 236 g/mol. The van der Waals surface area contributed by atoms with Crippen LogP contribution in [0.15, 0.2) is 36.9 Å². The molecule has 0 aromatic heterocycles. The Morgan fingerprint density at radius 2 is 2.06 bits per heavy atom. The minimum atomic E-state index is -0.231. The Hall–Kier alpha value is -1.68. The van der Waals surface area contributed by atoms with E-state index in [1.54, 1.807) is 18.2 Å². The van der Waals surface area contributed by atoms with Gasteiger partial charge in [0.2, 0.25) is 5.91 Å². The smallest absolute Gasteiger partial charge is 0.234 e. The van der Waals surface area contributed by atoms with Crippen LogP contribution in [0.25, 0.3) is 0 Å². The minimum Gasteiger partial charge on any atom is -0.352 e. The van der Waals surface area contributed by atoms with Crippen molar-refractivity contribution in [3.05, 3.63) is 48.3 Å². The first kappa shape index (κ1) is 13.4. The molecule has 0 saturated carbocycles. The second kappa shape index (κ2) is 7.57. The molecule has 0 atom stereocenters. The molecular formula is C13H17FN2O. The van der Waals surface area contributed by atoms with Crippen LogP contribution in [-0.2, 0) is 11.2 Å². The topological polar surface area (TPSA) is 41.1 Å². The highest BCUT2D eigenvalue weighted by atomic mass is 19.1. The largest absolute Gasteiger partial charge is 0.352 e. The molecule has 0 aliphatic rings. The van der Waals surface area contributed by atoms with Crippen molar-refractivity contribution >= 4 is 5.91 Å². The Kier molecular flexibility index (Phi) is 5.96. The van der Waals surface area contributed by atoms with Crippen molar-refractivity contribution < 1.29 is 9.18 Å². The van der Waals surface area contributed by atoms with Crippen molar-refractivity contribution in [2.75, 3.05) is 19.6 Å². The number of rotatable bonds is 7. The van der Waals surface area contributed by atoms with Gasteiger partial charge in [-0.1, -0.05) is 18.2 Å². The molecule has 17 heavy (non-hydrogen) atoms. The second-order valence-corrected chi connectivity index (χ2v) is 3.65. The number of hydrogen-bond acceptors (Lipinski definition) is 2. The van der Waals surface area contributed by atoms with Crippen LogP contribution in [0.1, 0.15) is 5.56 Å². The number of hydrogen-bond donors (Lipinski definition) is 2. The Morgan fingerprint density at radius 3 is 2.71 bits per heavy atom. The fraction of sp³-hybridized carbons (Fsp3) is 0.308. The quantitative estimate of drug-likeness (QED) is 0.553. The number of nitrogens with one attached hydrogen (secondary N) is 2. The summed E-state index contributed by atoms with van der Waals surface area (Å²) in [7, 11) is 0. The van der Waals surface area contributed by atoms with Crippen LogP contribution < -0.4 is 10.6 Å². The van der Waals surface area contributed by atoms with Gasteiger partial charge in [0.05, 0.1) is 6.54 Å². The summed E-state index contributed by atoms with van der Waals surface area (Å²) in [5.41, 5.74) is 1.05. The van der Waals surface area contributed by atoms with E-state index >= 15 is 0 Å². The molecule has 0 heterocycles. The van der Waals surface area contributed by atoms with E-state index < -0.39 is 0 Å². The lowest BCUT2D eigenvalue weighted by atomic mass is 10.1. The summed E-state index contributed by atoms with van der Waals surface area (Å²) in [5.74, 6) is -0.283. The van der Waals surface area contributed by atoms with Crippen molar-refractivity contribution in [3.63, 3.8) is 0 Å². The van der Waals surface area contributed by atoms with Crippen LogP contribution >= 0.6 is 0 Å². The van der Waals surface area contributed by atoms with E-state index in [9.17, 15) is 9.18 Å². The van der Waals surface area contributed by atoms with Crippen LogP contribution in [-0.4, -0.2) is 25.5 Å². The third kappa shape index (κ3) is 5.82. The Bertz CT molecular complexity index is 362. The average Bonchev–Trinajstić information content (AvgIpc) is 2.34. The zero-order chi connectivity index (χ0) is 12.5. The molecule has 4 heteroatoms. The molecule has 0 aliphatic carbocycles. The highest BCUT2D eigenvalue weighted by molar-refractivity contribution is 5.78. The van der Waals surface area contributed by atoms with Crippen molar-refractivity contribution in [2.24, 2.45) is 0 Å². The van der Waals surface area contributed by atoms with Crippen molar-refractivity contribution in [1.82, 2.24) is 10.6 Å². The van der Waals surface area contributed by atoms with Crippen molar-refractivity contribution in [2.45, 2.75) is 6.42 Å². The molecule has 1 aromatic carbocycles. The van der Waals surface area contributed by atoms with Crippen LogP contribution in [0, 0.1) is 5.82 Å². The molecule has 0 unspecified atom stereocenters. The van der Waals surface area contributed by atoms with Gasteiger partial charge in [0.15, 0.2) is 0 Å². The highest BCUT2D eigenvalue weighted by Gasteiger charge is 1.98. The molecule has 1 amide bonds. The van der Waals surface area contributed by atoms with E-state index in [4.69, 9.17) is 0 Å². The van der Waals surface area contributed by atoms with Gasteiger partial charge < -0.3 is 10.6 Å². The maximum absolute atomic E-state index is 12.6. The predicted molar refractivity (Wildman–Crippen MR) is 66.2 cm³/mol. The lowest BCUT2D eigenvalue weighted by molar-refractivity contribution is -0.120. The first-order valence-corrected chi connectivity index (χ1v) is 5.55. The van der Waals surface area contributed by atoms with E-state index in [0.717, 1.165) is 12.0 Å². The van der Waals surface area contributed by atoms with Gasteiger partial charge in [-0.2, -0.15) is 0 Å². The van der Waals surface area contributed by atoms with Crippen molar-refractivity contribution in [3.8, 4) is 0 Å². The number of carbonyl (C=O) groups excluding carboxylic acids is 1. The molecule has 1 aromatic rings. The predicted octanol–water partition coefficient (Wildman–Crippen LogP) is 1.26. The van der Waals surface area contributed by atoms with Gasteiger partial charge in [-0.25, -0.2) is 4.39 Å². The van der Waals surface area contributed by atoms with E-state index in [2.05, 4.69) is 17.2 Å². The van der Waals surface area contributed by atoms with Gasteiger partial charge in [-0.3, -0.25) is 4.79 Å². The second-order valence-electron chi connectivity index (χ2n) is 3.65. The molecule has 0 aliphatic heterocycles. The highest BCUT2D eigenvalue weighted by Crippen LogP contribution is 2.02. The molecule has 0 radical (unpaired) electrons. The molecular weight excluding hydrogens is 219 g/mol. The molecule has 0 saturated heterocycles. The molecule has 3 nitrogen and oxygen atoms in total. The fourth-order valence-electron chi connectivity index (χ4n) is 1.33. The van der Waals surface area contributed by atoms with Crippen LogP contribution in [0.5, 0.6) is 0 Å². The molecule has 2 N–H and O–H groups in total. The molecule has 1 rings (SSSR count). The van der Waals surface area contributed by atoms with E-state index in [-0.39, 0.29) is 18.3 Å². The lowest BCUT2D eigenvalue weighted by Gasteiger charge is -2.05. The molecule has 0 fully saturated rings. The van der Waals surface area contributed by atoms with Gasteiger partial charge in [0.25, 0.3) is 0 Å². The summed E-state index contributed by atoms with van der Waals surface area (Å²) >= 11 is 0. The van der Waals surface area contributed by atoms with Gasteiger partial charge >= 0.3 is 0 Å². The van der Waals surface area contributed by atoms with Crippen molar-refractivity contribution in [1.29, 1.82) is 0 Å². The number of carbonyl (C=O) groups is 1. The molecule has 92 valence electrons. The summed E-state index contributed by atoms with van der Waals surface area (Å²) in [6.07, 6.45) is 2.41.